The molecule has 0 bridgehead atoms. The summed E-state index contributed by atoms with van der Waals surface area (Å²) in [5.74, 6) is -0.447. The summed E-state index contributed by atoms with van der Waals surface area (Å²) >= 11 is 5.85. The van der Waals surface area contributed by atoms with Crippen LogP contribution in [0.1, 0.15) is 23.1 Å². The van der Waals surface area contributed by atoms with Crippen LogP contribution in [0.2, 0.25) is 5.02 Å². The lowest BCUT2D eigenvalue weighted by Gasteiger charge is -2.12. The first kappa shape index (κ1) is 12.0. The molecule has 0 fully saturated rings. The monoisotopic (exact) mass is 252 g/mol. The van der Waals surface area contributed by atoms with Crippen LogP contribution in [-0.2, 0) is 0 Å². The molecule has 0 radical (unpaired) electrons. The van der Waals surface area contributed by atoms with E-state index in [-0.39, 0.29) is 16.4 Å². The van der Waals surface area contributed by atoms with E-state index in [1.807, 2.05) is 6.92 Å². The van der Waals surface area contributed by atoms with Crippen molar-refractivity contribution in [1.82, 2.24) is 9.97 Å². The van der Waals surface area contributed by atoms with E-state index >= 15 is 0 Å². The zero-order valence-corrected chi connectivity index (χ0v) is 9.82. The molecule has 17 heavy (non-hydrogen) atoms. The second-order valence-corrected chi connectivity index (χ2v) is 4.06. The van der Waals surface area contributed by atoms with Crippen LogP contribution < -0.4 is 0 Å². The Bertz CT molecular complexity index is 510. The number of hydrogen-bond acceptors (Lipinski definition) is 3. The highest BCUT2D eigenvalue weighted by Crippen LogP contribution is 2.28. The predicted molar refractivity (Wildman–Crippen MR) is 62.2 cm³/mol. The fourth-order valence-electron chi connectivity index (χ4n) is 1.44. The molecule has 0 saturated carbocycles. The molecule has 2 rings (SSSR count). The highest BCUT2D eigenvalue weighted by atomic mass is 35.5. The first-order valence-corrected chi connectivity index (χ1v) is 5.38. The summed E-state index contributed by atoms with van der Waals surface area (Å²) in [6, 6.07) is 4.22. The molecule has 3 nitrogen and oxygen atoms in total. The lowest BCUT2D eigenvalue weighted by atomic mass is 10.1. The van der Waals surface area contributed by atoms with Crippen molar-refractivity contribution in [2.24, 2.45) is 0 Å². The molecule has 1 atom stereocenters. The van der Waals surface area contributed by atoms with Gasteiger partial charge in [0.05, 0.1) is 0 Å². The maximum atomic E-state index is 13.6. The Hall–Kier alpha value is -1.52. The number of aliphatic hydroxyl groups is 1. The van der Waals surface area contributed by atoms with E-state index in [9.17, 15) is 9.50 Å². The van der Waals surface area contributed by atoms with Gasteiger partial charge in [-0.2, -0.15) is 0 Å². The van der Waals surface area contributed by atoms with Gasteiger partial charge in [0.25, 0.3) is 0 Å². The lowest BCUT2D eigenvalue weighted by molar-refractivity contribution is 0.204. The Labute approximate surface area is 103 Å². The van der Waals surface area contributed by atoms with Crippen molar-refractivity contribution in [3.8, 4) is 0 Å². The summed E-state index contributed by atoms with van der Waals surface area (Å²) in [6.07, 6.45) is 1.85. The quantitative estimate of drug-likeness (QED) is 0.894. The second kappa shape index (κ2) is 4.77. The van der Waals surface area contributed by atoms with Crippen LogP contribution in [0.25, 0.3) is 0 Å². The topological polar surface area (TPSA) is 46.0 Å². The molecular formula is C12H10ClFN2O. The third-order valence-electron chi connectivity index (χ3n) is 2.32. The number of hydrogen-bond donors (Lipinski definition) is 1. The molecule has 1 aromatic heterocycles. The zero-order valence-electron chi connectivity index (χ0n) is 9.06. The molecule has 1 unspecified atom stereocenters. The van der Waals surface area contributed by atoms with E-state index in [0.717, 1.165) is 5.56 Å². The number of halogens is 2. The molecule has 0 aliphatic heterocycles. The van der Waals surface area contributed by atoms with E-state index in [1.165, 1.54) is 18.2 Å². The smallest absolute Gasteiger partial charge is 0.161 e. The molecule has 2 aromatic rings. The van der Waals surface area contributed by atoms with Crippen LogP contribution in [0.4, 0.5) is 4.39 Å². The first-order valence-electron chi connectivity index (χ1n) is 5.00. The van der Waals surface area contributed by atoms with E-state index in [4.69, 9.17) is 11.6 Å². The van der Waals surface area contributed by atoms with Gasteiger partial charge in [-0.15, -0.1) is 0 Å². The molecule has 0 saturated heterocycles. The number of aromatic nitrogens is 2. The minimum absolute atomic E-state index is 0.00183. The Balaban J connectivity index is 2.43. The largest absolute Gasteiger partial charge is 0.380 e. The van der Waals surface area contributed by atoms with Crippen molar-refractivity contribution in [2.75, 3.05) is 0 Å². The molecule has 88 valence electrons. The Morgan fingerprint density at radius 3 is 2.53 bits per heavy atom. The maximum absolute atomic E-state index is 13.6. The highest BCUT2D eigenvalue weighted by Gasteiger charge is 2.20. The standard InChI is InChI=1S/C12H10ClFN2O/c1-7-5-15-12(16-6-7)11(17)10-8(13)3-2-4-9(10)14/h2-6,11,17H,1H3. The van der Waals surface area contributed by atoms with Crippen molar-refractivity contribution >= 4 is 11.6 Å². The zero-order chi connectivity index (χ0) is 12.4. The molecule has 0 amide bonds. The summed E-state index contributed by atoms with van der Waals surface area (Å²) in [4.78, 5) is 7.90. The van der Waals surface area contributed by atoms with Gasteiger partial charge in [-0.05, 0) is 24.6 Å². The summed E-state index contributed by atoms with van der Waals surface area (Å²) in [5.41, 5.74) is 0.860. The normalized spacial score (nSPS) is 12.5. The van der Waals surface area contributed by atoms with Gasteiger partial charge < -0.3 is 5.11 Å². The highest BCUT2D eigenvalue weighted by molar-refractivity contribution is 6.31. The third-order valence-corrected chi connectivity index (χ3v) is 2.65. The van der Waals surface area contributed by atoms with Gasteiger partial charge in [0.1, 0.15) is 11.9 Å². The molecule has 0 aliphatic rings. The maximum Gasteiger partial charge on any atom is 0.161 e. The minimum atomic E-state index is -1.26. The van der Waals surface area contributed by atoms with Crippen LogP contribution in [0.5, 0.6) is 0 Å². The van der Waals surface area contributed by atoms with Gasteiger partial charge in [0.2, 0.25) is 0 Å². The van der Waals surface area contributed by atoms with Crippen LogP contribution >= 0.6 is 11.6 Å². The molecular weight excluding hydrogens is 243 g/mol. The van der Waals surface area contributed by atoms with Gasteiger partial charge in [0, 0.05) is 23.0 Å². The van der Waals surface area contributed by atoms with Crippen molar-refractivity contribution in [3.63, 3.8) is 0 Å². The first-order chi connectivity index (χ1) is 8.09. The van der Waals surface area contributed by atoms with Crippen molar-refractivity contribution in [3.05, 3.63) is 58.4 Å². The van der Waals surface area contributed by atoms with Crippen molar-refractivity contribution in [2.45, 2.75) is 13.0 Å². The van der Waals surface area contributed by atoms with E-state index in [1.54, 1.807) is 12.4 Å². The van der Waals surface area contributed by atoms with Crippen LogP contribution in [0, 0.1) is 12.7 Å². The molecule has 1 N–H and O–H groups in total. The summed E-state index contributed by atoms with van der Waals surface area (Å²) in [6.45, 7) is 1.83. The number of aliphatic hydroxyl groups excluding tert-OH is 1. The number of nitrogens with zero attached hydrogens (tertiary/aromatic N) is 2. The van der Waals surface area contributed by atoms with Gasteiger partial charge in [0.15, 0.2) is 5.82 Å². The van der Waals surface area contributed by atoms with Gasteiger partial charge >= 0.3 is 0 Å². The SMILES string of the molecule is Cc1cnc(C(O)c2c(F)cccc2Cl)nc1. The fraction of sp³-hybridized carbons (Fsp3) is 0.167. The number of aryl methyl sites for hydroxylation is 1. The predicted octanol–water partition coefficient (Wildman–Crippen LogP) is 2.66. The summed E-state index contributed by atoms with van der Waals surface area (Å²) in [7, 11) is 0. The molecule has 1 aromatic carbocycles. The molecule has 1 heterocycles. The number of benzene rings is 1. The molecule has 5 heteroatoms. The van der Waals surface area contributed by atoms with Gasteiger partial charge in [-0.25, -0.2) is 14.4 Å². The fourth-order valence-corrected chi connectivity index (χ4v) is 1.71. The van der Waals surface area contributed by atoms with Crippen LogP contribution in [0.15, 0.2) is 30.6 Å². The molecule has 0 aliphatic carbocycles. The summed E-state index contributed by atoms with van der Waals surface area (Å²) in [5, 5.41) is 10.1. The lowest BCUT2D eigenvalue weighted by Crippen LogP contribution is -2.08. The van der Waals surface area contributed by atoms with Crippen molar-refractivity contribution in [1.29, 1.82) is 0 Å². The number of rotatable bonds is 2. The van der Waals surface area contributed by atoms with E-state index in [0.29, 0.717) is 0 Å². The Kier molecular flexibility index (Phi) is 3.36. The Morgan fingerprint density at radius 2 is 1.94 bits per heavy atom. The van der Waals surface area contributed by atoms with Gasteiger partial charge in [-0.3, -0.25) is 0 Å². The van der Waals surface area contributed by atoms with E-state index < -0.39 is 11.9 Å². The van der Waals surface area contributed by atoms with Crippen LogP contribution in [0.3, 0.4) is 0 Å². The third kappa shape index (κ3) is 2.43. The van der Waals surface area contributed by atoms with E-state index in [2.05, 4.69) is 9.97 Å². The van der Waals surface area contributed by atoms with Gasteiger partial charge in [-0.1, -0.05) is 17.7 Å². The Morgan fingerprint density at radius 1 is 1.29 bits per heavy atom. The van der Waals surface area contributed by atoms with Crippen molar-refractivity contribution < 1.29 is 9.50 Å². The average Bonchev–Trinajstić information content (AvgIpc) is 2.29. The second-order valence-electron chi connectivity index (χ2n) is 3.66. The average molecular weight is 253 g/mol. The molecule has 0 spiro atoms. The minimum Gasteiger partial charge on any atom is -0.380 e. The van der Waals surface area contributed by atoms with Crippen LogP contribution in [-0.4, -0.2) is 15.1 Å². The summed E-state index contributed by atoms with van der Waals surface area (Å²) < 4.78 is 13.6.